The third-order valence-corrected chi connectivity index (χ3v) is 6.07. The van der Waals surface area contributed by atoms with Crippen molar-refractivity contribution in [2.45, 2.75) is 12.8 Å². The first-order chi connectivity index (χ1) is 16.1. The van der Waals surface area contributed by atoms with Crippen molar-refractivity contribution in [1.29, 1.82) is 0 Å². The minimum atomic E-state index is 0.321. The number of hydrogen-bond donors (Lipinski definition) is 2. The molecule has 5 rings (SSSR count). The van der Waals surface area contributed by atoms with Crippen LogP contribution in [0.2, 0.25) is 0 Å². The highest BCUT2D eigenvalue weighted by Gasteiger charge is 2.19. The number of nitrogens with one attached hydrogen (secondary N) is 1. The first-order valence-electron chi connectivity index (χ1n) is 11.2. The van der Waals surface area contributed by atoms with Crippen LogP contribution in [0.25, 0.3) is 33.8 Å². The molecule has 1 fully saturated rings. The molecule has 4 aromatic rings. The summed E-state index contributed by atoms with van der Waals surface area (Å²) in [5.74, 6) is 2.84. The van der Waals surface area contributed by atoms with Gasteiger partial charge < -0.3 is 25.1 Å². The van der Waals surface area contributed by atoms with Gasteiger partial charge in [0.1, 0.15) is 5.69 Å². The smallest absolute Gasteiger partial charge is 0.161 e. The van der Waals surface area contributed by atoms with E-state index in [1.165, 1.54) is 12.8 Å². The summed E-state index contributed by atoms with van der Waals surface area (Å²) < 4.78 is 11.8. The van der Waals surface area contributed by atoms with E-state index in [0.29, 0.717) is 41.3 Å². The van der Waals surface area contributed by atoms with E-state index in [2.05, 4.69) is 26.9 Å². The Bertz CT molecular complexity index is 1240. The first kappa shape index (κ1) is 21.2. The summed E-state index contributed by atoms with van der Waals surface area (Å²) in [7, 11) is 3.81. The summed E-state index contributed by atoms with van der Waals surface area (Å²) in [6.45, 7) is 2.90. The molecule has 0 amide bonds. The molecular formula is C25H28N6O2. The lowest BCUT2D eigenvalue weighted by Crippen LogP contribution is -2.34. The fourth-order valence-corrected chi connectivity index (χ4v) is 4.34. The summed E-state index contributed by atoms with van der Waals surface area (Å²) in [6.07, 6.45) is 4.06. The molecule has 8 nitrogen and oxygen atoms in total. The van der Waals surface area contributed by atoms with E-state index in [9.17, 15) is 0 Å². The number of benzene rings is 2. The van der Waals surface area contributed by atoms with Crippen molar-refractivity contribution in [3.63, 3.8) is 0 Å². The normalized spacial score (nSPS) is 16.7. The van der Waals surface area contributed by atoms with E-state index >= 15 is 0 Å². The van der Waals surface area contributed by atoms with Gasteiger partial charge in [-0.3, -0.25) is 0 Å². The molecule has 170 valence electrons. The highest BCUT2D eigenvalue weighted by Crippen LogP contribution is 2.34. The molecule has 0 radical (unpaired) electrons. The SMILES string of the molecule is COc1cc(-c2cnc(N)c(-c3nc4ccccc4[nH]3)n2)ccc1OCC1CCCN(C)C1. The molecule has 33 heavy (non-hydrogen) atoms. The van der Waals surface area contributed by atoms with Crippen LogP contribution in [0.4, 0.5) is 5.82 Å². The van der Waals surface area contributed by atoms with E-state index in [4.69, 9.17) is 20.2 Å². The maximum absolute atomic E-state index is 6.14. The summed E-state index contributed by atoms with van der Waals surface area (Å²) in [6, 6.07) is 13.6. The number of aromatic nitrogens is 4. The quantitative estimate of drug-likeness (QED) is 0.463. The van der Waals surface area contributed by atoms with Crippen LogP contribution in [-0.4, -0.2) is 58.7 Å². The highest BCUT2D eigenvalue weighted by atomic mass is 16.5. The second kappa shape index (κ2) is 9.07. The number of nitrogens with two attached hydrogens (primary N) is 1. The molecule has 1 saturated heterocycles. The lowest BCUT2D eigenvalue weighted by molar-refractivity contribution is 0.148. The van der Waals surface area contributed by atoms with Crippen molar-refractivity contribution < 1.29 is 9.47 Å². The van der Waals surface area contributed by atoms with Gasteiger partial charge >= 0.3 is 0 Å². The Balaban J connectivity index is 1.40. The number of para-hydroxylation sites is 2. The van der Waals surface area contributed by atoms with Crippen molar-refractivity contribution in [3.8, 4) is 34.3 Å². The maximum atomic E-state index is 6.14. The molecule has 3 heterocycles. The molecule has 1 unspecified atom stereocenters. The van der Waals surface area contributed by atoms with Crippen LogP contribution in [0, 0.1) is 5.92 Å². The summed E-state index contributed by atoms with van der Waals surface area (Å²) in [4.78, 5) is 19.4. The number of methoxy groups -OCH3 is 1. The van der Waals surface area contributed by atoms with Crippen molar-refractivity contribution >= 4 is 16.9 Å². The molecule has 0 spiro atoms. The Morgan fingerprint density at radius 3 is 2.85 bits per heavy atom. The number of H-pyrrole nitrogens is 1. The second-order valence-corrected chi connectivity index (χ2v) is 8.54. The van der Waals surface area contributed by atoms with E-state index in [1.807, 2.05) is 42.5 Å². The average Bonchev–Trinajstić information content (AvgIpc) is 3.27. The lowest BCUT2D eigenvalue weighted by atomic mass is 9.99. The second-order valence-electron chi connectivity index (χ2n) is 8.54. The fourth-order valence-electron chi connectivity index (χ4n) is 4.34. The van der Waals surface area contributed by atoms with Crippen LogP contribution >= 0.6 is 0 Å². The zero-order valence-corrected chi connectivity index (χ0v) is 18.9. The largest absolute Gasteiger partial charge is 0.493 e. The zero-order valence-electron chi connectivity index (χ0n) is 18.9. The minimum absolute atomic E-state index is 0.321. The number of likely N-dealkylation sites (tertiary alicyclic amines) is 1. The van der Waals surface area contributed by atoms with Gasteiger partial charge in [0.25, 0.3) is 0 Å². The molecule has 1 aliphatic heterocycles. The Kier molecular flexibility index (Phi) is 5.83. The van der Waals surface area contributed by atoms with Gasteiger partial charge in [0, 0.05) is 18.0 Å². The third-order valence-electron chi connectivity index (χ3n) is 6.07. The number of fused-ring (bicyclic) bond motifs is 1. The van der Waals surface area contributed by atoms with Crippen LogP contribution in [0.5, 0.6) is 11.5 Å². The van der Waals surface area contributed by atoms with Gasteiger partial charge in [-0.25, -0.2) is 15.0 Å². The number of anilines is 1. The predicted octanol–water partition coefficient (Wildman–Crippen LogP) is 4.00. The maximum Gasteiger partial charge on any atom is 0.161 e. The Hall–Kier alpha value is -3.65. The number of ether oxygens (including phenoxy) is 2. The number of rotatable bonds is 6. The molecule has 0 aliphatic carbocycles. The van der Waals surface area contributed by atoms with Gasteiger partial charge in [-0.05, 0) is 56.8 Å². The minimum Gasteiger partial charge on any atom is -0.493 e. The van der Waals surface area contributed by atoms with Crippen LogP contribution in [0.15, 0.2) is 48.7 Å². The Morgan fingerprint density at radius 2 is 2.03 bits per heavy atom. The van der Waals surface area contributed by atoms with Crippen molar-refractivity contribution in [3.05, 3.63) is 48.7 Å². The molecule has 1 atom stereocenters. The number of nitrogens with zero attached hydrogens (tertiary/aromatic N) is 4. The van der Waals surface area contributed by atoms with Crippen LogP contribution in [0.3, 0.4) is 0 Å². The van der Waals surface area contributed by atoms with Gasteiger partial charge in [-0.2, -0.15) is 0 Å². The summed E-state index contributed by atoms with van der Waals surface area (Å²) in [5.41, 5.74) is 9.98. The van der Waals surface area contributed by atoms with Gasteiger partial charge in [-0.1, -0.05) is 12.1 Å². The van der Waals surface area contributed by atoms with Gasteiger partial charge in [0.05, 0.1) is 36.6 Å². The molecule has 2 aromatic heterocycles. The number of piperidine rings is 1. The van der Waals surface area contributed by atoms with Crippen LogP contribution in [-0.2, 0) is 0 Å². The molecular weight excluding hydrogens is 416 g/mol. The molecule has 1 aliphatic rings. The molecule has 3 N–H and O–H groups in total. The first-order valence-corrected chi connectivity index (χ1v) is 11.2. The van der Waals surface area contributed by atoms with Crippen LogP contribution < -0.4 is 15.2 Å². The Morgan fingerprint density at radius 1 is 1.15 bits per heavy atom. The molecule has 2 aromatic carbocycles. The number of aromatic amines is 1. The standard InChI is InChI=1S/C25H28N6O2/c1-31-11-5-6-16(14-31)15-33-21-10-9-17(12-22(21)32-2)20-13-27-24(26)23(28-20)25-29-18-7-3-4-8-19(18)30-25/h3-4,7-10,12-13,16H,5-6,11,14-15H2,1-2H3,(H2,26,27)(H,29,30). The summed E-state index contributed by atoms with van der Waals surface area (Å²) >= 11 is 0. The van der Waals surface area contributed by atoms with E-state index in [1.54, 1.807) is 13.3 Å². The number of hydrogen-bond acceptors (Lipinski definition) is 7. The summed E-state index contributed by atoms with van der Waals surface area (Å²) in [5, 5.41) is 0. The van der Waals surface area contributed by atoms with Gasteiger partial charge in [0.15, 0.2) is 23.1 Å². The van der Waals surface area contributed by atoms with Crippen LogP contribution in [0.1, 0.15) is 12.8 Å². The molecule has 0 saturated carbocycles. The molecule has 8 heteroatoms. The van der Waals surface area contributed by atoms with Gasteiger partial charge in [0.2, 0.25) is 0 Å². The monoisotopic (exact) mass is 444 g/mol. The number of imidazole rings is 1. The lowest BCUT2D eigenvalue weighted by Gasteiger charge is -2.29. The van der Waals surface area contributed by atoms with E-state index in [-0.39, 0.29) is 0 Å². The van der Waals surface area contributed by atoms with Crippen molar-refractivity contribution in [2.24, 2.45) is 5.92 Å². The van der Waals surface area contributed by atoms with E-state index in [0.717, 1.165) is 35.4 Å². The van der Waals surface area contributed by atoms with Crippen molar-refractivity contribution in [2.75, 3.05) is 39.6 Å². The average molecular weight is 445 g/mol. The molecule has 0 bridgehead atoms. The third kappa shape index (κ3) is 4.47. The predicted molar refractivity (Wildman–Crippen MR) is 129 cm³/mol. The highest BCUT2D eigenvalue weighted by molar-refractivity contribution is 5.81. The van der Waals surface area contributed by atoms with E-state index < -0.39 is 0 Å². The Labute approximate surface area is 192 Å². The number of nitrogen functional groups attached to an aromatic ring is 1. The topological polar surface area (TPSA) is 102 Å². The fraction of sp³-hybridized carbons (Fsp3) is 0.320. The van der Waals surface area contributed by atoms with Crippen molar-refractivity contribution in [1.82, 2.24) is 24.8 Å². The van der Waals surface area contributed by atoms with Gasteiger partial charge in [-0.15, -0.1) is 0 Å². The zero-order chi connectivity index (χ0) is 22.8.